The lowest BCUT2D eigenvalue weighted by molar-refractivity contribution is -0.274. The maximum absolute atomic E-state index is 12.2. The molecular weight excluding hydrogens is 327 g/mol. The van der Waals surface area contributed by atoms with Crippen LogP contribution in [-0.2, 0) is 6.54 Å². The van der Waals surface area contributed by atoms with Gasteiger partial charge in [-0.15, -0.1) is 13.2 Å². The molecule has 0 amide bonds. The fourth-order valence-electron chi connectivity index (χ4n) is 1.45. The van der Waals surface area contributed by atoms with Gasteiger partial charge in [-0.2, -0.15) is 0 Å². The van der Waals surface area contributed by atoms with E-state index in [2.05, 4.69) is 26.0 Å². The van der Waals surface area contributed by atoms with Crippen molar-refractivity contribution < 1.29 is 22.3 Å². The molecule has 3 nitrogen and oxygen atoms in total. The summed E-state index contributed by atoms with van der Waals surface area (Å²) in [6.45, 7) is 0.242. The second kappa shape index (κ2) is 5.56. The van der Waals surface area contributed by atoms with Crippen molar-refractivity contribution in [1.82, 2.24) is 0 Å². The van der Waals surface area contributed by atoms with Gasteiger partial charge in [-0.1, -0.05) is 12.1 Å². The lowest BCUT2D eigenvalue weighted by Gasteiger charge is -2.13. The molecule has 1 aromatic heterocycles. The Labute approximate surface area is 115 Å². The molecule has 19 heavy (non-hydrogen) atoms. The van der Waals surface area contributed by atoms with Gasteiger partial charge in [-0.3, -0.25) is 0 Å². The minimum atomic E-state index is -4.72. The maximum atomic E-state index is 12.2. The Kier molecular flexibility index (Phi) is 4.04. The molecule has 0 atom stereocenters. The Balaban J connectivity index is 2.10. The standard InChI is InChI=1S/C12H9BrF3NO2/c13-8-5-6-18-11(8)7-17-9-3-1-2-4-10(9)19-12(14,15)16/h1-6,17H,7H2. The quantitative estimate of drug-likeness (QED) is 0.889. The molecule has 7 heteroatoms. The summed E-state index contributed by atoms with van der Waals surface area (Å²) < 4.78 is 46.5. The SMILES string of the molecule is FC(F)(F)Oc1ccccc1NCc1occc1Br. The molecular formula is C12H9BrF3NO2. The zero-order valence-electron chi connectivity index (χ0n) is 9.50. The molecule has 0 unspecified atom stereocenters. The lowest BCUT2D eigenvalue weighted by atomic mass is 10.3. The number of halogens is 4. The Hall–Kier alpha value is -1.63. The first-order valence-corrected chi connectivity index (χ1v) is 6.05. The van der Waals surface area contributed by atoms with Crippen LogP contribution in [0.4, 0.5) is 18.9 Å². The topological polar surface area (TPSA) is 34.4 Å². The number of nitrogens with one attached hydrogen (secondary N) is 1. The van der Waals surface area contributed by atoms with Crippen LogP contribution in [0.1, 0.15) is 5.76 Å². The van der Waals surface area contributed by atoms with Crippen molar-refractivity contribution in [3.63, 3.8) is 0 Å². The van der Waals surface area contributed by atoms with E-state index in [1.807, 2.05) is 0 Å². The molecule has 0 radical (unpaired) electrons. The second-order valence-electron chi connectivity index (χ2n) is 3.59. The fourth-order valence-corrected chi connectivity index (χ4v) is 1.79. The van der Waals surface area contributed by atoms with Crippen LogP contribution >= 0.6 is 15.9 Å². The van der Waals surface area contributed by atoms with Crippen molar-refractivity contribution in [3.05, 3.63) is 46.8 Å². The number of furan rings is 1. The number of rotatable bonds is 4. The van der Waals surface area contributed by atoms with Crippen molar-refractivity contribution in [3.8, 4) is 5.75 Å². The van der Waals surface area contributed by atoms with Crippen LogP contribution in [0.15, 0.2) is 45.5 Å². The molecule has 2 aromatic rings. The summed E-state index contributed by atoms with van der Waals surface area (Å²) in [5.74, 6) is 0.305. The van der Waals surface area contributed by atoms with Crippen LogP contribution in [-0.4, -0.2) is 6.36 Å². The summed E-state index contributed by atoms with van der Waals surface area (Å²) in [4.78, 5) is 0. The van der Waals surface area contributed by atoms with Crippen LogP contribution in [0.5, 0.6) is 5.75 Å². The minimum Gasteiger partial charge on any atom is -0.466 e. The number of benzene rings is 1. The highest BCUT2D eigenvalue weighted by atomic mass is 79.9. The van der Waals surface area contributed by atoms with Gasteiger partial charge in [0.1, 0.15) is 5.76 Å². The van der Waals surface area contributed by atoms with E-state index in [0.29, 0.717) is 5.76 Å². The highest BCUT2D eigenvalue weighted by Gasteiger charge is 2.32. The van der Waals surface area contributed by atoms with E-state index < -0.39 is 6.36 Å². The maximum Gasteiger partial charge on any atom is 0.573 e. The van der Waals surface area contributed by atoms with E-state index >= 15 is 0 Å². The summed E-state index contributed by atoms with van der Waals surface area (Å²) in [7, 11) is 0. The molecule has 0 aliphatic rings. The van der Waals surface area contributed by atoms with Gasteiger partial charge >= 0.3 is 6.36 Å². The predicted molar refractivity (Wildman–Crippen MR) is 66.9 cm³/mol. The molecule has 0 saturated heterocycles. The predicted octanol–water partition coefficient (Wildman–Crippen LogP) is 4.55. The van der Waals surface area contributed by atoms with Gasteiger partial charge in [-0.25, -0.2) is 0 Å². The molecule has 2 rings (SSSR count). The van der Waals surface area contributed by atoms with E-state index in [1.165, 1.54) is 24.5 Å². The van der Waals surface area contributed by atoms with E-state index in [1.54, 1.807) is 12.1 Å². The highest BCUT2D eigenvalue weighted by Crippen LogP contribution is 2.30. The van der Waals surface area contributed by atoms with Gasteiger partial charge < -0.3 is 14.5 Å². The van der Waals surface area contributed by atoms with Gasteiger partial charge in [0.15, 0.2) is 5.75 Å². The van der Waals surface area contributed by atoms with Crippen molar-refractivity contribution >= 4 is 21.6 Å². The molecule has 1 heterocycles. The van der Waals surface area contributed by atoms with Crippen molar-refractivity contribution in [1.29, 1.82) is 0 Å². The molecule has 0 saturated carbocycles. The Morgan fingerprint density at radius 1 is 1.21 bits per heavy atom. The van der Waals surface area contributed by atoms with Crippen molar-refractivity contribution in [2.24, 2.45) is 0 Å². The van der Waals surface area contributed by atoms with Crippen LogP contribution in [0.3, 0.4) is 0 Å². The fraction of sp³-hybridized carbons (Fsp3) is 0.167. The number of anilines is 1. The Bertz CT molecular complexity index is 554. The van der Waals surface area contributed by atoms with E-state index in [0.717, 1.165) is 4.47 Å². The average Bonchev–Trinajstić information content (AvgIpc) is 2.72. The largest absolute Gasteiger partial charge is 0.573 e. The van der Waals surface area contributed by atoms with Gasteiger partial charge in [0.25, 0.3) is 0 Å². The third-order valence-electron chi connectivity index (χ3n) is 2.24. The van der Waals surface area contributed by atoms with Gasteiger partial charge in [0.05, 0.1) is 23.0 Å². The van der Waals surface area contributed by atoms with Crippen LogP contribution in [0.25, 0.3) is 0 Å². The van der Waals surface area contributed by atoms with Crippen LogP contribution in [0.2, 0.25) is 0 Å². The van der Waals surface area contributed by atoms with Gasteiger partial charge in [-0.05, 0) is 34.1 Å². The molecule has 0 aliphatic carbocycles. The average molecular weight is 336 g/mol. The summed E-state index contributed by atoms with van der Waals surface area (Å²) >= 11 is 3.26. The minimum absolute atomic E-state index is 0.239. The monoisotopic (exact) mass is 335 g/mol. The Morgan fingerprint density at radius 2 is 1.95 bits per heavy atom. The van der Waals surface area contributed by atoms with Crippen molar-refractivity contribution in [2.45, 2.75) is 12.9 Å². The van der Waals surface area contributed by atoms with E-state index in [9.17, 15) is 13.2 Å². The first-order chi connectivity index (χ1) is 8.96. The lowest BCUT2D eigenvalue weighted by Crippen LogP contribution is -2.18. The third kappa shape index (κ3) is 3.92. The van der Waals surface area contributed by atoms with Crippen LogP contribution in [0, 0.1) is 0 Å². The summed E-state index contributed by atoms with van der Waals surface area (Å²) in [5.41, 5.74) is 0.239. The van der Waals surface area contributed by atoms with Crippen LogP contribution < -0.4 is 10.1 Å². The number of ether oxygens (including phenoxy) is 1. The molecule has 1 aromatic carbocycles. The Morgan fingerprint density at radius 3 is 2.58 bits per heavy atom. The number of para-hydroxylation sites is 2. The molecule has 0 bridgehead atoms. The summed E-state index contributed by atoms with van der Waals surface area (Å²) in [6, 6.07) is 7.53. The van der Waals surface area contributed by atoms with E-state index in [4.69, 9.17) is 4.42 Å². The van der Waals surface area contributed by atoms with Gasteiger partial charge in [0.2, 0.25) is 0 Å². The van der Waals surface area contributed by atoms with E-state index in [-0.39, 0.29) is 18.0 Å². The molecule has 0 aliphatic heterocycles. The zero-order chi connectivity index (χ0) is 13.9. The molecule has 1 N–H and O–H groups in total. The molecule has 0 fully saturated rings. The highest BCUT2D eigenvalue weighted by molar-refractivity contribution is 9.10. The first-order valence-electron chi connectivity index (χ1n) is 5.26. The summed E-state index contributed by atoms with van der Waals surface area (Å²) in [6.07, 6.45) is -3.23. The number of alkyl halides is 3. The third-order valence-corrected chi connectivity index (χ3v) is 2.95. The second-order valence-corrected chi connectivity index (χ2v) is 4.44. The number of hydrogen-bond acceptors (Lipinski definition) is 3. The zero-order valence-corrected chi connectivity index (χ0v) is 11.1. The van der Waals surface area contributed by atoms with Crippen molar-refractivity contribution in [2.75, 3.05) is 5.32 Å². The molecule has 102 valence electrons. The smallest absolute Gasteiger partial charge is 0.466 e. The number of hydrogen-bond donors (Lipinski definition) is 1. The normalized spacial score (nSPS) is 11.4. The molecule has 0 spiro atoms. The summed E-state index contributed by atoms with van der Waals surface area (Å²) in [5, 5.41) is 2.83. The van der Waals surface area contributed by atoms with Gasteiger partial charge in [0, 0.05) is 0 Å². The first kappa shape index (κ1) is 13.8.